The minimum Gasteiger partial charge on any atom is -0.338 e. The Labute approximate surface area is 169 Å². The molecule has 0 bridgehead atoms. The summed E-state index contributed by atoms with van der Waals surface area (Å²) in [5.74, 6) is -0.742. The largest absolute Gasteiger partial charge is 0.338 e. The van der Waals surface area contributed by atoms with Gasteiger partial charge < -0.3 is 10.2 Å². The summed E-state index contributed by atoms with van der Waals surface area (Å²) in [5, 5.41) is 2.73. The van der Waals surface area contributed by atoms with E-state index in [2.05, 4.69) is 10.0 Å². The first kappa shape index (κ1) is 20.9. The van der Waals surface area contributed by atoms with Gasteiger partial charge in [-0.3, -0.25) is 9.59 Å². The quantitative estimate of drug-likeness (QED) is 0.686. The summed E-state index contributed by atoms with van der Waals surface area (Å²) in [7, 11) is -3.81. The van der Waals surface area contributed by atoms with Gasteiger partial charge in [0, 0.05) is 38.2 Å². The van der Waals surface area contributed by atoms with Gasteiger partial charge in [0.05, 0.1) is 4.90 Å². The van der Waals surface area contributed by atoms with Crippen molar-refractivity contribution < 1.29 is 22.4 Å². The lowest BCUT2D eigenvalue weighted by molar-refractivity contribution is -0.128. The Morgan fingerprint density at radius 2 is 1.90 bits per heavy atom. The summed E-state index contributed by atoms with van der Waals surface area (Å²) in [4.78, 5) is 25.6. The summed E-state index contributed by atoms with van der Waals surface area (Å²) < 4.78 is 39.5. The molecular weight excluding hydrogens is 397 g/mol. The van der Waals surface area contributed by atoms with Crippen molar-refractivity contribution in [2.45, 2.75) is 30.7 Å². The van der Waals surface area contributed by atoms with Crippen LogP contribution in [0.25, 0.3) is 0 Å². The number of amides is 2. The highest BCUT2D eigenvalue weighted by atomic mass is 32.2. The van der Waals surface area contributed by atoms with Crippen molar-refractivity contribution in [2.75, 3.05) is 18.4 Å². The molecule has 3 rings (SSSR count). The topological polar surface area (TPSA) is 95.6 Å². The molecule has 0 saturated carbocycles. The number of carbonyl (C=O) groups is 2. The van der Waals surface area contributed by atoms with Gasteiger partial charge in [-0.25, -0.2) is 17.5 Å². The minimum absolute atomic E-state index is 0.0603. The maximum atomic E-state index is 12.9. The molecule has 29 heavy (non-hydrogen) atoms. The van der Waals surface area contributed by atoms with E-state index in [1.165, 1.54) is 0 Å². The second-order valence-electron chi connectivity index (χ2n) is 6.77. The normalized spacial score (nSPS) is 14.2. The number of anilines is 1. The third kappa shape index (κ3) is 5.85. The van der Waals surface area contributed by atoms with Crippen LogP contribution in [0.1, 0.15) is 24.8 Å². The highest BCUT2D eigenvalue weighted by molar-refractivity contribution is 7.89. The molecule has 0 aromatic heterocycles. The van der Waals surface area contributed by atoms with Crippen LogP contribution in [0, 0.1) is 5.82 Å². The Balaban J connectivity index is 1.50. The van der Waals surface area contributed by atoms with Gasteiger partial charge in [0.25, 0.3) is 0 Å². The summed E-state index contributed by atoms with van der Waals surface area (Å²) in [6.45, 7) is 1.15. The third-order valence-electron chi connectivity index (χ3n) is 4.52. The summed E-state index contributed by atoms with van der Waals surface area (Å²) in [6, 6.07) is 11.7. The molecule has 9 heteroatoms. The Morgan fingerprint density at radius 3 is 2.59 bits per heavy atom. The van der Waals surface area contributed by atoms with Crippen molar-refractivity contribution in [2.24, 2.45) is 0 Å². The van der Waals surface area contributed by atoms with E-state index in [0.717, 1.165) is 42.8 Å². The zero-order valence-electron chi connectivity index (χ0n) is 15.7. The molecule has 2 aromatic carbocycles. The first-order chi connectivity index (χ1) is 13.8. The predicted octanol–water partition coefficient (Wildman–Crippen LogP) is 2.26. The number of hydrogen-bond donors (Lipinski definition) is 2. The molecule has 2 N–H and O–H groups in total. The molecule has 0 radical (unpaired) electrons. The van der Waals surface area contributed by atoms with Crippen molar-refractivity contribution in [1.82, 2.24) is 9.62 Å². The number of nitrogens with one attached hydrogen (secondary N) is 2. The van der Waals surface area contributed by atoms with Crippen molar-refractivity contribution in [3.63, 3.8) is 0 Å². The highest BCUT2D eigenvalue weighted by Gasteiger charge is 2.20. The molecule has 1 heterocycles. The van der Waals surface area contributed by atoms with E-state index in [1.807, 2.05) is 6.07 Å². The predicted molar refractivity (Wildman–Crippen MR) is 106 cm³/mol. The van der Waals surface area contributed by atoms with Crippen LogP contribution in [0.5, 0.6) is 0 Å². The second kappa shape index (κ2) is 9.15. The van der Waals surface area contributed by atoms with Crippen LogP contribution < -0.4 is 10.0 Å². The van der Waals surface area contributed by atoms with E-state index < -0.39 is 15.8 Å². The first-order valence-corrected chi connectivity index (χ1v) is 10.7. The summed E-state index contributed by atoms with van der Waals surface area (Å²) >= 11 is 0. The maximum absolute atomic E-state index is 12.9. The van der Waals surface area contributed by atoms with Crippen LogP contribution in [0.3, 0.4) is 0 Å². The number of hydrogen-bond acceptors (Lipinski definition) is 4. The molecule has 1 saturated heterocycles. The van der Waals surface area contributed by atoms with Gasteiger partial charge in [-0.05, 0) is 48.4 Å². The van der Waals surface area contributed by atoms with E-state index in [9.17, 15) is 22.4 Å². The van der Waals surface area contributed by atoms with Gasteiger partial charge in [0.1, 0.15) is 5.82 Å². The van der Waals surface area contributed by atoms with Gasteiger partial charge in [-0.2, -0.15) is 0 Å². The number of nitrogens with zero attached hydrogens (tertiary/aromatic N) is 1. The molecule has 0 atom stereocenters. The van der Waals surface area contributed by atoms with Crippen LogP contribution in [0.15, 0.2) is 53.4 Å². The number of rotatable bonds is 8. The zero-order valence-corrected chi connectivity index (χ0v) is 16.5. The smallest absolute Gasteiger partial charge is 0.240 e. The van der Waals surface area contributed by atoms with E-state index in [0.29, 0.717) is 18.7 Å². The van der Waals surface area contributed by atoms with Gasteiger partial charge in [-0.15, -0.1) is 0 Å². The Bertz CT molecular complexity index is 993. The van der Waals surface area contributed by atoms with E-state index in [1.54, 1.807) is 23.1 Å². The Kier molecular flexibility index (Phi) is 6.60. The maximum Gasteiger partial charge on any atom is 0.240 e. The minimum atomic E-state index is -3.81. The fourth-order valence-electron chi connectivity index (χ4n) is 3.06. The second-order valence-corrected chi connectivity index (χ2v) is 8.54. The number of carbonyl (C=O) groups excluding carboxylic acids is 2. The molecule has 0 spiro atoms. The van der Waals surface area contributed by atoms with Crippen LogP contribution in [0.4, 0.5) is 10.1 Å². The fourth-order valence-corrected chi connectivity index (χ4v) is 4.09. The number of halogens is 1. The molecule has 154 valence electrons. The lowest BCUT2D eigenvalue weighted by atomic mass is 10.2. The van der Waals surface area contributed by atoms with Crippen LogP contribution in [-0.2, 0) is 26.2 Å². The SMILES string of the molecule is O=C(CCNS(=O)(=O)c1ccc(F)cc1)Nc1cccc(CN2CCCC2=O)c1. The molecule has 2 aromatic rings. The van der Waals surface area contributed by atoms with Crippen molar-refractivity contribution >= 4 is 27.5 Å². The number of sulfonamides is 1. The third-order valence-corrected chi connectivity index (χ3v) is 6.00. The van der Waals surface area contributed by atoms with Crippen LogP contribution in [0.2, 0.25) is 0 Å². The van der Waals surface area contributed by atoms with E-state index in [-0.39, 0.29) is 29.7 Å². The number of benzene rings is 2. The summed E-state index contributed by atoms with van der Waals surface area (Å²) in [6.07, 6.45) is 1.38. The van der Waals surface area contributed by atoms with Crippen LogP contribution in [-0.4, -0.2) is 38.2 Å². The van der Waals surface area contributed by atoms with Crippen molar-refractivity contribution in [3.8, 4) is 0 Å². The van der Waals surface area contributed by atoms with E-state index in [4.69, 9.17) is 0 Å². The summed E-state index contributed by atoms with van der Waals surface area (Å²) in [5.41, 5.74) is 1.50. The first-order valence-electron chi connectivity index (χ1n) is 9.25. The van der Waals surface area contributed by atoms with Gasteiger partial charge in [-0.1, -0.05) is 12.1 Å². The van der Waals surface area contributed by atoms with Gasteiger partial charge in [0.15, 0.2) is 0 Å². The van der Waals surface area contributed by atoms with Crippen LogP contribution >= 0.6 is 0 Å². The molecule has 1 aliphatic heterocycles. The van der Waals surface area contributed by atoms with Gasteiger partial charge in [0.2, 0.25) is 21.8 Å². The average Bonchev–Trinajstić information content (AvgIpc) is 3.07. The molecule has 2 amide bonds. The highest BCUT2D eigenvalue weighted by Crippen LogP contribution is 2.17. The Morgan fingerprint density at radius 1 is 1.14 bits per heavy atom. The van der Waals surface area contributed by atoms with Gasteiger partial charge >= 0.3 is 0 Å². The standard InChI is InChI=1S/C20H22FN3O4S/c21-16-6-8-18(9-7-16)29(27,28)22-11-10-19(25)23-17-4-1-3-15(13-17)14-24-12-2-5-20(24)26/h1,3-4,6-9,13,22H,2,5,10-12,14H2,(H,23,25). The van der Waals surface area contributed by atoms with Crippen molar-refractivity contribution in [3.05, 3.63) is 59.9 Å². The average molecular weight is 419 g/mol. The lowest BCUT2D eigenvalue weighted by Gasteiger charge is -2.16. The number of likely N-dealkylation sites (tertiary alicyclic amines) is 1. The molecule has 1 fully saturated rings. The van der Waals surface area contributed by atoms with Crippen molar-refractivity contribution in [1.29, 1.82) is 0 Å². The zero-order chi connectivity index (χ0) is 20.9. The van der Waals surface area contributed by atoms with E-state index >= 15 is 0 Å². The molecule has 0 unspecified atom stereocenters. The lowest BCUT2D eigenvalue weighted by Crippen LogP contribution is -2.28. The Hall–Kier alpha value is -2.78. The molecule has 1 aliphatic rings. The monoisotopic (exact) mass is 419 g/mol. The molecular formula is C20H22FN3O4S. The molecule has 0 aliphatic carbocycles. The fraction of sp³-hybridized carbons (Fsp3) is 0.300. The molecule has 7 nitrogen and oxygen atoms in total.